The molecule has 1 aliphatic carbocycles. The number of rotatable bonds is 4. The van der Waals surface area contributed by atoms with Crippen molar-refractivity contribution in [2.75, 3.05) is 0 Å². The SMILES string of the molecule is CC1(C)C(OC(=O)c2ccccc2)C(OC(=O)c2ccccc2)CC2C3CCC(O3)C21. The average Bonchev–Trinajstić information content (AvgIpc) is 3.39. The molecule has 2 aliphatic heterocycles. The van der Waals surface area contributed by atoms with Gasteiger partial charge in [0, 0.05) is 5.41 Å². The smallest absolute Gasteiger partial charge is 0.338 e. The predicted molar refractivity (Wildman–Crippen MR) is 115 cm³/mol. The van der Waals surface area contributed by atoms with Gasteiger partial charge in [-0.05, 0) is 55.4 Å². The fourth-order valence-electron chi connectivity index (χ4n) is 6.04. The Labute approximate surface area is 182 Å². The first-order valence-electron chi connectivity index (χ1n) is 11.1. The van der Waals surface area contributed by atoms with Gasteiger partial charge in [0.1, 0.15) is 12.2 Å². The van der Waals surface area contributed by atoms with E-state index in [0.29, 0.717) is 23.5 Å². The second kappa shape index (κ2) is 7.79. The van der Waals surface area contributed by atoms with Crippen LogP contribution in [0, 0.1) is 17.3 Å². The zero-order valence-corrected chi connectivity index (χ0v) is 17.9. The average molecular weight is 421 g/mol. The summed E-state index contributed by atoms with van der Waals surface area (Å²) in [7, 11) is 0. The molecule has 1 saturated carbocycles. The molecule has 0 radical (unpaired) electrons. The number of hydrogen-bond acceptors (Lipinski definition) is 5. The summed E-state index contributed by atoms with van der Waals surface area (Å²) in [6.45, 7) is 4.25. The first kappa shape index (κ1) is 20.3. The van der Waals surface area contributed by atoms with E-state index in [9.17, 15) is 9.59 Å². The maximum absolute atomic E-state index is 13.0. The minimum absolute atomic E-state index is 0.189. The molecule has 2 aromatic carbocycles. The Morgan fingerprint density at radius 2 is 1.39 bits per heavy atom. The van der Waals surface area contributed by atoms with Gasteiger partial charge in [-0.25, -0.2) is 9.59 Å². The molecule has 3 fully saturated rings. The van der Waals surface area contributed by atoms with Crippen molar-refractivity contribution in [2.24, 2.45) is 17.3 Å². The Morgan fingerprint density at radius 3 is 2.00 bits per heavy atom. The second-order valence-corrected chi connectivity index (χ2v) is 9.54. The van der Waals surface area contributed by atoms with Crippen molar-refractivity contribution in [3.63, 3.8) is 0 Å². The molecule has 31 heavy (non-hydrogen) atoms. The third-order valence-corrected chi connectivity index (χ3v) is 7.37. The van der Waals surface area contributed by atoms with E-state index >= 15 is 0 Å². The Bertz CT molecular complexity index is 954. The molecule has 0 N–H and O–H groups in total. The molecule has 0 aromatic heterocycles. The van der Waals surface area contributed by atoms with Gasteiger partial charge in [-0.15, -0.1) is 0 Å². The van der Waals surface area contributed by atoms with Gasteiger partial charge < -0.3 is 14.2 Å². The summed E-state index contributed by atoms with van der Waals surface area (Å²) in [6, 6.07) is 18.0. The molecule has 6 atom stereocenters. The van der Waals surface area contributed by atoms with Crippen molar-refractivity contribution >= 4 is 11.9 Å². The molecule has 162 valence electrons. The van der Waals surface area contributed by atoms with Gasteiger partial charge in [0.25, 0.3) is 0 Å². The molecule has 5 heteroatoms. The van der Waals surface area contributed by atoms with Gasteiger partial charge in [-0.2, -0.15) is 0 Å². The molecule has 2 bridgehead atoms. The van der Waals surface area contributed by atoms with Crippen LogP contribution in [0.5, 0.6) is 0 Å². The van der Waals surface area contributed by atoms with Crippen LogP contribution in [0.1, 0.15) is 53.8 Å². The molecule has 2 heterocycles. The summed E-state index contributed by atoms with van der Waals surface area (Å²) in [4.78, 5) is 25.8. The molecule has 3 aliphatic rings. The molecule has 0 spiro atoms. The van der Waals surface area contributed by atoms with E-state index in [1.165, 1.54) is 0 Å². The van der Waals surface area contributed by atoms with Crippen LogP contribution in [-0.4, -0.2) is 36.4 Å². The van der Waals surface area contributed by atoms with Crippen molar-refractivity contribution in [1.82, 2.24) is 0 Å². The Hall–Kier alpha value is -2.66. The first-order valence-corrected chi connectivity index (χ1v) is 11.1. The molecule has 2 aromatic rings. The summed E-state index contributed by atoms with van der Waals surface area (Å²) >= 11 is 0. The summed E-state index contributed by atoms with van der Waals surface area (Å²) < 4.78 is 18.3. The lowest BCUT2D eigenvalue weighted by Gasteiger charge is -2.51. The van der Waals surface area contributed by atoms with Crippen LogP contribution in [0.15, 0.2) is 60.7 Å². The maximum Gasteiger partial charge on any atom is 0.338 e. The summed E-state index contributed by atoms with van der Waals surface area (Å²) in [6.07, 6.45) is 2.09. The van der Waals surface area contributed by atoms with Crippen LogP contribution in [0.25, 0.3) is 0 Å². The van der Waals surface area contributed by atoms with Crippen molar-refractivity contribution in [2.45, 2.75) is 57.5 Å². The topological polar surface area (TPSA) is 61.8 Å². The van der Waals surface area contributed by atoms with E-state index in [0.717, 1.165) is 12.8 Å². The second-order valence-electron chi connectivity index (χ2n) is 9.54. The van der Waals surface area contributed by atoms with Crippen molar-refractivity contribution in [3.8, 4) is 0 Å². The third-order valence-electron chi connectivity index (χ3n) is 7.37. The van der Waals surface area contributed by atoms with E-state index in [1.54, 1.807) is 24.3 Å². The number of ether oxygens (including phenoxy) is 3. The number of fused-ring (bicyclic) bond motifs is 5. The zero-order chi connectivity index (χ0) is 21.6. The number of carbonyl (C=O) groups is 2. The predicted octanol–water partition coefficient (Wildman–Crippen LogP) is 4.66. The number of carbonyl (C=O) groups excluding carboxylic acids is 2. The first-order chi connectivity index (χ1) is 14.9. The van der Waals surface area contributed by atoms with Gasteiger partial charge in [-0.1, -0.05) is 50.2 Å². The van der Waals surface area contributed by atoms with E-state index in [2.05, 4.69) is 13.8 Å². The van der Waals surface area contributed by atoms with E-state index in [-0.39, 0.29) is 35.5 Å². The maximum atomic E-state index is 13.0. The highest BCUT2D eigenvalue weighted by Crippen LogP contribution is 2.58. The van der Waals surface area contributed by atoms with Crippen LogP contribution < -0.4 is 0 Å². The fraction of sp³-hybridized carbons (Fsp3) is 0.462. The van der Waals surface area contributed by atoms with Crippen LogP contribution in [0.3, 0.4) is 0 Å². The monoisotopic (exact) mass is 420 g/mol. The minimum atomic E-state index is -0.544. The highest BCUT2D eigenvalue weighted by molar-refractivity contribution is 5.90. The number of hydrogen-bond donors (Lipinski definition) is 0. The van der Waals surface area contributed by atoms with Gasteiger partial charge >= 0.3 is 11.9 Å². The van der Waals surface area contributed by atoms with E-state index < -0.39 is 12.2 Å². The van der Waals surface area contributed by atoms with Crippen LogP contribution >= 0.6 is 0 Å². The lowest BCUT2D eigenvalue weighted by Crippen LogP contribution is -2.58. The van der Waals surface area contributed by atoms with Crippen LogP contribution in [-0.2, 0) is 14.2 Å². The number of esters is 2. The van der Waals surface area contributed by atoms with Gasteiger partial charge in [-0.3, -0.25) is 0 Å². The lowest BCUT2D eigenvalue weighted by molar-refractivity contribution is -0.141. The molecule has 6 unspecified atom stereocenters. The van der Waals surface area contributed by atoms with Crippen molar-refractivity contribution < 1.29 is 23.8 Å². The number of benzene rings is 2. The van der Waals surface area contributed by atoms with E-state index in [1.807, 2.05) is 36.4 Å². The molecule has 0 amide bonds. The largest absolute Gasteiger partial charge is 0.455 e. The lowest BCUT2D eigenvalue weighted by atomic mass is 9.56. The fourth-order valence-corrected chi connectivity index (χ4v) is 6.04. The molecule has 2 saturated heterocycles. The molecule has 5 rings (SSSR count). The highest BCUT2D eigenvalue weighted by Gasteiger charge is 2.63. The third kappa shape index (κ3) is 3.55. The molecule has 5 nitrogen and oxygen atoms in total. The van der Waals surface area contributed by atoms with Crippen LogP contribution in [0.4, 0.5) is 0 Å². The highest BCUT2D eigenvalue weighted by atomic mass is 16.6. The van der Waals surface area contributed by atoms with Gasteiger partial charge in [0.2, 0.25) is 0 Å². The molecular weight excluding hydrogens is 392 g/mol. The van der Waals surface area contributed by atoms with Gasteiger partial charge in [0.05, 0.1) is 23.3 Å². The summed E-state index contributed by atoms with van der Waals surface area (Å²) in [5.41, 5.74) is 0.618. The standard InChI is InChI=1S/C26H28O5/c1-26(2)22-18(19-13-14-20(22)29-19)15-21(30-24(27)16-9-5-3-6-10-16)23(26)31-25(28)17-11-7-4-8-12-17/h3-12,18-23H,13-15H2,1-2H3. The van der Waals surface area contributed by atoms with Gasteiger partial charge in [0.15, 0.2) is 0 Å². The van der Waals surface area contributed by atoms with Crippen LogP contribution in [0.2, 0.25) is 0 Å². The molecular formula is C26H28O5. The summed E-state index contributed by atoms with van der Waals surface area (Å²) in [5, 5.41) is 0. The quantitative estimate of drug-likeness (QED) is 0.673. The van der Waals surface area contributed by atoms with Crippen molar-refractivity contribution in [1.29, 1.82) is 0 Å². The van der Waals surface area contributed by atoms with Crippen molar-refractivity contribution in [3.05, 3.63) is 71.8 Å². The minimum Gasteiger partial charge on any atom is -0.455 e. The summed E-state index contributed by atoms with van der Waals surface area (Å²) in [5.74, 6) is -0.174. The van der Waals surface area contributed by atoms with E-state index in [4.69, 9.17) is 14.2 Å². The Kier molecular flexibility index (Phi) is 5.09. The normalized spacial score (nSPS) is 32.8. The Morgan fingerprint density at radius 1 is 0.839 bits per heavy atom. The Balaban J connectivity index is 1.44. The zero-order valence-electron chi connectivity index (χ0n) is 17.9.